The van der Waals surface area contributed by atoms with Crippen LogP contribution in [-0.2, 0) is 14.3 Å². The first-order valence-corrected chi connectivity index (χ1v) is 9.49. The second-order valence-corrected chi connectivity index (χ2v) is 7.02. The molecule has 1 saturated heterocycles. The number of carbonyl (C=O) groups is 2. The molecule has 9 heteroatoms. The maximum Gasteiger partial charge on any atom is 0.330 e. The average molecular weight is 396 g/mol. The Morgan fingerprint density at radius 2 is 2.31 bits per heavy atom. The Balaban J connectivity index is 1.94. The standard InChI is InChI=1S/C20H24N6O3/c1-14-7-11-25(17(27)5-8-21)12-16(14)26(10-3-4-18(28)29-2)20-15-6-9-22-19(15)23-13-24-20/h3-4,6,9,13-14,16H,5,7,10-12H2,1-2H3,(H,22,23,24)/b4-3+/t14-,16?/m1/s1. The molecule has 0 saturated carbocycles. The lowest BCUT2D eigenvalue weighted by Gasteiger charge is -2.43. The molecule has 152 valence electrons. The van der Waals surface area contributed by atoms with Crippen LogP contribution in [0.4, 0.5) is 5.82 Å². The summed E-state index contributed by atoms with van der Waals surface area (Å²) >= 11 is 0. The minimum Gasteiger partial charge on any atom is -0.466 e. The van der Waals surface area contributed by atoms with Gasteiger partial charge in [-0.1, -0.05) is 13.0 Å². The quantitative estimate of drug-likeness (QED) is 0.583. The molecule has 0 bridgehead atoms. The Kier molecular flexibility index (Phi) is 6.44. The van der Waals surface area contributed by atoms with Gasteiger partial charge >= 0.3 is 5.97 Å². The van der Waals surface area contributed by atoms with Crippen LogP contribution in [-0.4, -0.2) is 64.5 Å². The number of aromatic amines is 1. The molecule has 0 radical (unpaired) electrons. The summed E-state index contributed by atoms with van der Waals surface area (Å²) in [5.41, 5.74) is 0.720. The van der Waals surface area contributed by atoms with Gasteiger partial charge in [0.2, 0.25) is 5.91 Å². The van der Waals surface area contributed by atoms with E-state index in [0.717, 1.165) is 23.3 Å². The highest BCUT2D eigenvalue weighted by atomic mass is 16.5. The molecule has 9 nitrogen and oxygen atoms in total. The molecule has 1 amide bonds. The fourth-order valence-corrected chi connectivity index (χ4v) is 3.66. The smallest absolute Gasteiger partial charge is 0.330 e. The van der Waals surface area contributed by atoms with E-state index in [1.807, 2.05) is 12.1 Å². The molecule has 1 N–H and O–H groups in total. The number of carbonyl (C=O) groups excluding carboxylic acids is 2. The molecule has 1 aliphatic heterocycles. The number of hydrogen-bond acceptors (Lipinski definition) is 7. The lowest BCUT2D eigenvalue weighted by molar-refractivity contribution is -0.135. The van der Waals surface area contributed by atoms with Crippen LogP contribution in [0.1, 0.15) is 19.8 Å². The Labute approximate surface area is 169 Å². The minimum atomic E-state index is -0.429. The lowest BCUT2D eigenvalue weighted by atomic mass is 9.91. The number of H-pyrrole nitrogens is 1. The summed E-state index contributed by atoms with van der Waals surface area (Å²) < 4.78 is 4.68. The SMILES string of the molecule is COC(=O)/C=C/CN(c1ncnc2[nH]ccc12)C1CN(C(=O)CC#N)CC[C@H]1C. The fraction of sp³-hybridized carbons (Fsp3) is 0.450. The van der Waals surface area contributed by atoms with Crippen LogP contribution in [0.15, 0.2) is 30.7 Å². The van der Waals surface area contributed by atoms with E-state index in [1.54, 1.807) is 17.2 Å². The second-order valence-electron chi connectivity index (χ2n) is 7.02. The molecule has 0 aromatic carbocycles. The van der Waals surface area contributed by atoms with Gasteiger partial charge in [-0.05, 0) is 18.4 Å². The summed E-state index contributed by atoms with van der Waals surface area (Å²) in [6.07, 6.45) is 7.11. The summed E-state index contributed by atoms with van der Waals surface area (Å²) in [5, 5.41) is 9.74. The summed E-state index contributed by atoms with van der Waals surface area (Å²) in [4.78, 5) is 39.5. The fourth-order valence-electron chi connectivity index (χ4n) is 3.66. The normalized spacial score (nSPS) is 19.3. The molecule has 1 aliphatic rings. The first-order chi connectivity index (χ1) is 14.0. The van der Waals surface area contributed by atoms with Crippen molar-refractivity contribution in [2.24, 2.45) is 5.92 Å². The van der Waals surface area contributed by atoms with Crippen LogP contribution in [0.3, 0.4) is 0 Å². The van der Waals surface area contributed by atoms with E-state index in [-0.39, 0.29) is 24.3 Å². The predicted octanol–water partition coefficient (Wildman–Crippen LogP) is 1.64. The van der Waals surface area contributed by atoms with E-state index in [1.165, 1.54) is 19.5 Å². The highest BCUT2D eigenvalue weighted by Crippen LogP contribution is 2.30. The van der Waals surface area contributed by atoms with E-state index in [4.69, 9.17) is 5.26 Å². The number of hydrogen-bond donors (Lipinski definition) is 1. The highest BCUT2D eigenvalue weighted by Gasteiger charge is 2.33. The van der Waals surface area contributed by atoms with Crippen molar-refractivity contribution in [1.29, 1.82) is 5.26 Å². The molecule has 3 heterocycles. The average Bonchev–Trinajstić information content (AvgIpc) is 3.21. The monoisotopic (exact) mass is 396 g/mol. The molecule has 2 aromatic heterocycles. The number of anilines is 1. The third kappa shape index (κ3) is 4.54. The number of nitrogens with one attached hydrogen (secondary N) is 1. The number of methoxy groups -OCH3 is 1. The summed E-state index contributed by atoms with van der Waals surface area (Å²) in [6, 6.07) is 3.82. The van der Waals surface area contributed by atoms with Crippen LogP contribution in [0.25, 0.3) is 11.0 Å². The third-order valence-corrected chi connectivity index (χ3v) is 5.26. The summed E-state index contributed by atoms with van der Waals surface area (Å²) in [7, 11) is 1.33. The van der Waals surface area contributed by atoms with E-state index >= 15 is 0 Å². The van der Waals surface area contributed by atoms with Gasteiger partial charge in [-0.25, -0.2) is 14.8 Å². The van der Waals surface area contributed by atoms with Gasteiger partial charge in [-0.15, -0.1) is 0 Å². The van der Waals surface area contributed by atoms with Gasteiger partial charge in [0.05, 0.1) is 24.6 Å². The van der Waals surface area contributed by atoms with E-state index < -0.39 is 5.97 Å². The molecule has 2 atom stereocenters. The van der Waals surface area contributed by atoms with Crippen molar-refractivity contribution < 1.29 is 14.3 Å². The van der Waals surface area contributed by atoms with E-state index in [9.17, 15) is 9.59 Å². The number of fused-ring (bicyclic) bond motifs is 1. The van der Waals surface area contributed by atoms with Crippen LogP contribution < -0.4 is 4.90 Å². The number of ether oxygens (including phenoxy) is 1. The van der Waals surface area contributed by atoms with Crippen molar-refractivity contribution in [2.75, 3.05) is 31.6 Å². The maximum atomic E-state index is 12.3. The molecule has 1 fully saturated rings. The number of nitrogens with zero attached hydrogens (tertiary/aromatic N) is 5. The zero-order valence-corrected chi connectivity index (χ0v) is 16.5. The van der Waals surface area contributed by atoms with Gasteiger partial charge in [0.1, 0.15) is 24.2 Å². The van der Waals surface area contributed by atoms with Crippen molar-refractivity contribution in [3.05, 3.63) is 30.7 Å². The second kappa shape index (κ2) is 9.19. The molecule has 0 aliphatic carbocycles. The largest absolute Gasteiger partial charge is 0.466 e. The van der Waals surface area contributed by atoms with Gasteiger partial charge in [0.15, 0.2) is 0 Å². The number of aromatic nitrogens is 3. The van der Waals surface area contributed by atoms with Crippen LogP contribution in [0, 0.1) is 17.2 Å². The summed E-state index contributed by atoms with van der Waals surface area (Å²) in [6.45, 7) is 3.68. The third-order valence-electron chi connectivity index (χ3n) is 5.26. The number of esters is 1. The van der Waals surface area contributed by atoms with Crippen molar-refractivity contribution in [3.8, 4) is 6.07 Å². The van der Waals surface area contributed by atoms with Gasteiger partial charge in [-0.3, -0.25) is 4.79 Å². The number of amides is 1. The van der Waals surface area contributed by atoms with Crippen molar-refractivity contribution in [1.82, 2.24) is 19.9 Å². The zero-order valence-electron chi connectivity index (χ0n) is 16.5. The first kappa shape index (κ1) is 20.3. The van der Waals surface area contributed by atoms with Gasteiger partial charge < -0.3 is 19.5 Å². The molecular formula is C20H24N6O3. The Morgan fingerprint density at radius 3 is 3.07 bits per heavy atom. The van der Waals surface area contributed by atoms with Gasteiger partial charge in [0, 0.05) is 31.9 Å². The zero-order chi connectivity index (χ0) is 20.8. The molecular weight excluding hydrogens is 372 g/mol. The van der Waals surface area contributed by atoms with Gasteiger partial charge in [0.25, 0.3) is 0 Å². The molecule has 0 spiro atoms. The van der Waals surface area contributed by atoms with Crippen LogP contribution in [0.5, 0.6) is 0 Å². The first-order valence-electron chi connectivity index (χ1n) is 9.49. The minimum absolute atomic E-state index is 0.0262. The van der Waals surface area contributed by atoms with E-state index in [0.29, 0.717) is 19.6 Å². The topological polar surface area (TPSA) is 115 Å². The highest BCUT2D eigenvalue weighted by molar-refractivity contribution is 5.88. The summed E-state index contributed by atoms with van der Waals surface area (Å²) in [5.74, 6) is 0.430. The lowest BCUT2D eigenvalue weighted by Crippen LogP contribution is -2.54. The molecule has 2 aromatic rings. The van der Waals surface area contributed by atoms with E-state index in [2.05, 4.69) is 31.5 Å². The van der Waals surface area contributed by atoms with Crippen LogP contribution in [0.2, 0.25) is 0 Å². The Hall–Kier alpha value is -3.41. The van der Waals surface area contributed by atoms with Crippen LogP contribution >= 0.6 is 0 Å². The van der Waals surface area contributed by atoms with Gasteiger partial charge in [-0.2, -0.15) is 5.26 Å². The molecule has 3 rings (SSSR count). The van der Waals surface area contributed by atoms with Crippen molar-refractivity contribution in [2.45, 2.75) is 25.8 Å². The predicted molar refractivity (Wildman–Crippen MR) is 107 cm³/mol. The number of piperidine rings is 1. The number of rotatable bonds is 6. The van der Waals surface area contributed by atoms with Crippen molar-refractivity contribution in [3.63, 3.8) is 0 Å². The maximum absolute atomic E-state index is 12.3. The Bertz CT molecular complexity index is 947. The van der Waals surface area contributed by atoms with Crippen molar-refractivity contribution >= 4 is 28.7 Å². The molecule has 1 unspecified atom stereocenters. The molecule has 29 heavy (non-hydrogen) atoms. The number of nitriles is 1. The number of likely N-dealkylation sites (tertiary alicyclic amines) is 1. The Morgan fingerprint density at radius 1 is 1.48 bits per heavy atom.